The largest absolute Gasteiger partial charge is 0.340 e. The van der Waals surface area contributed by atoms with Crippen molar-refractivity contribution in [2.45, 2.75) is 26.8 Å². The van der Waals surface area contributed by atoms with Gasteiger partial charge >= 0.3 is 0 Å². The summed E-state index contributed by atoms with van der Waals surface area (Å²) in [4.78, 5) is 16.4. The molecule has 1 aromatic heterocycles. The summed E-state index contributed by atoms with van der Waals surface area (Å²) in [5.41, 5.74) is 3.68. The molecule has 1 aliphatic rings. The number of nitrogens with one attached hydrogen (secondary N) is 1. The number of piperazine rings is 1. The minimum absolute atomic E-state index is 0. The molecule has 1 aromatic rings. The van der Waals surface area contributed by atoms with Gasteiger partial charge in [-0.2, -0.15) is 5.10 Å². The quantitative estimate of drug-likeness (QED) is 0.812. The summed E-state index contributed by atoms with van der Waals surface area (Å²) in [6.07, 6.45) is 0.595. The topological polar surface area (TPSA) is 53.4 Å². The Morgan fingerprint density at radius 3 is 2.17 bits per heavy atom. The van der Waals surface area contributed by atoms with Crippen molar-refractivity contribution in [2.24, 2.45) is 7.05 Å². The van der Waals surface area contributed by atoms with Gasteiger partial charge in [-0.3, -0.25) is 14.4 Å². The van der Waals surface area contributed by atoms with Gasteiger partial charge in [0.25, 0.3) is 0 Å². The molecule has 0 aromatic carbocycles. The van der Waals surface area contributed by atoms with Gasteiger partial charge in [-0.15, -0.1) is 37.2 Å². The molecule has 142 valence electrons. The molecule has 0 saturated carbocycles. The molecule has 0 bridgehead atoms. The van der Waals surface area contributed by atoms with Crippen molar-refractivity contribution in [1.29, 1.82) is 0 Å². The Hall–Kier alpha value is -0.530. The highest BCUT2D eigenvalue weighted by molar-refractivity contribution is 5.86. The minimum atomic E-state index is 0. The molecule has 2 heterocycles. The highest BCUT2D eigenvalue weighted by Crippen LogP contribution is 2.16. The van der Waals surface area contributed by atoms with Crippen molar-refractivity contribution in [2.75, 3.05) is 39.8 Å². The lowest BCUT2D eigenvalue weighted by atomic mass is 10.1. The van der Waals surface area contributed by atoms with E-state index in [-0.39, 0.29) is 43.1 Å². The molecule has 6 nitrogen and oxygen atoms in total. The monoisotopic (exact) mass is 401 g/mol. The second-order valence-electron chi connectivity index (χ2n) is 5.78. The Bertz CT molecular complexity index is 502. The number of halogens is 3. The number of nitrogens with zero attached hydrogens (tertiary/aromatic N) is 4. The first-order chi connectivity index (χ1) is 10.0. The van der Waals surface area contributed by atoms with E-state index in [9.17, 15) is 4.79 Å². The maximum Gasteiger partial charge on any atom is 0.223 e. The molecule has 1 saturated heterocycles. The number of carbonyl (C=O) groups is 1. The normalized spacial score (nSPS) is 14.4. The van der Waals surface area contributed by atoms with Crippen molar-refractivity contribution in [1.82, 2.24) is 24.9 Å². The molecule has 0 spiro atoms. The van der Waals surface area contributed by atoms with Crippen LogP contribution in [0.4, 0.5) is 0 Å². The van der Waals surface area contributed by atoms with Gasteiger partial charge in [-0.1, -0.05) is 0 Å². The van der Waals surface area contributed by atoms with Crippen molar-refractivity contribution in [3.63, 3.8) is 0 Å². The van der Waals surface area contributed by atoms with Gasteiger partial charge in [0.1, 0.15) is 0 Å². The lowest BCUT2D eigenvalue weighted by molar-refractivity contribution is -0.132. The lowest BCUT2D eigenvalue weighted by Gasteiger charge is -2.34. The number of hydrogen-bond acceptors (Lipinski definition) is 4. The van der Waals surface area contributed by atoms with Crippen molar-refractivity contribution in [3.05, 3.63) is 17.0 Å². The summed E-state index contributed by atoms with van der Waals surface area (Å²) >= 11 is 0. The van der Waals surface area contributed by atoms with Crippen LogP contribution in [0.25, 0.3) is 0 Å². The van der Waals surface area contributed by atoms with Crippen LogP contribution in [0.5, 0.6) is 0 Å². The van der Waals surface area contributed by atoms with Crippen LogP contribution >= 0.6 is 37.2 Å². The lowest BCUT2D eigenvalue weighted by Crippen LogP contribution is -2.48. The van der Waals surface area contributed by atoms with Crippen LogP contribution in [0.1, 0.15) is 23.4 Å². The predicted octanol–water partition coefficient (Wildman–Crippen LogP) is 1.56. The van der Waals surface area contributed by atoms with Gasteiger partial charge in [0.15, 0.2) is 0 Å². The molecule has 1 N–H and O–H groups in total. The second kappa shape index (κ2) is 11.9. The van der Waals surface area contributed by atoms with Crippen molar-refractivity contribution < 1.29 is 4.79 Å². The number of aromatic nitrogens is 2. The fourth-order valence-corrected chi connectivity index (χ4v) is 2.82. The van der Waals surface area contributed by atoms with E-state index in [4.69, 9.17) is 0 Å². The van der Waals surface area contributed by atoms with Crippen LogP contribution in [0, 0.1) is 13.8 Å². The van der Waals surface area contributed by atoms with Gasteiger partial charge in [0.05, 0.1) is 5.69 Å². The Balaban J connectivity index is 0. The van der Waals surface area contributed by atoms with Crippen molar-refractivity contribution in [3.8, 4) is 0 Å². The van der Waals surface area contributed by atoms with E-state index < -0.39 is 0 Å². The van der Waals surface area contributed by atoms with Crippen LogP contribution in [0.2, 0.25) is 0 Å². The van der Waals surface area contributed by atoms with Crippen LogP contribution in [-0.2, 0) is 18.4 Å². The zero-order chi connectivity index (χ0) is 15.4. The van der Waals surface area contributed by atoms with Crippen molar-refractivity contribution >= 4 is 43.1 Å². The molecule has 1 aliphatic heterocycles. The highest BCUT2D eigenvalue weighted by Gasteiger charge is 2.22. The molecule has 0 radical (unpaired) electrons. The number of hydrogen-bond donors (Lipinski definition) is 1. The van der Waals surface area contributed by atoms with E-state index in [1.807, 2.05) is 23.7 Å². The average Bonchev–Trinajstić information content (AvgIpc) is 2.72. The maximum absolute atomic E-state index is 12.0. The molecule has 0 atom stereocenters. The second-order valence-corrected chi connectivity index (χ2v) is 5.78. The molecule has 1 amide bonds. The predicted molar refractivity (Wildman–Crippen MR) is 105 cm³/mol. The van der Waals surface area contributed by atoms with Crippen LogP contribution in [0.3, 0.4) is 0 Å². The smallest absolute Gasteiger partial charge is 0.223 e. The van der Waals surface area contributed by atoms with Crippen LogP contribution < -0.4 is 5.32 Å². The molecule has 0 aliphatic carbocycles. The van der Waals surface area contributed by atoms with E-state index in [2.05, 4.69) is 29.2 Å². The summed E-state index contributed by atoms with van der Waals surface area (Å²) in [6, 6.07) is 0. The molecular formula is C15H30Cl3N5O. The summed E-state index contributed by atoms with van der Waals surface area (Å²) in [7, 11) is 3.87. The van der Waals surface area contributed by atoms with E-state index in [0.29, 0.717) is 6.42 Å². The van der Waals surface area contributed by atoms with E-state index in [1.165, 1.54) is 11.3 Å². The number of rotatable bonds is 5. The summed E-state index contributed by atoms with van der Waals surface area (Å²) in [6.45, 7) is 9.43. The van der Waals surface area contributed by atoms with Gasteiger partial charge < -0.3 is 10.2 Å². The standard InChI is InChI=1S/C15H27N5O.3ClH/c1-12-14(13(2)18(4)17-12)11-19-7-9-20(10-8-19)15(21)5-6-16-3;;;/h16H,5-11H2,1-4H3;3*1H. The maximum atomic E-state index is 12.0. The number of amides is 1. The Morgan fingerprint density at radius 2 is 1.71 bits per heavy atom. The first-order valence-electron chi connectivity index (χ1n) is 7.66. The van der Waals surface area contributed by atoms with Gasteiger partial charge in [0, 0.05) is 64.0 Å². The third-order valence-corrected chi connectivity index (χ3v) is 4.35. The van der Waals surface area contributed by atoms with E-state index >= 15 is 0 Å². The first kappa shape index (κ1) is 25.7. The third-order valence-electron chi connectivity index (χ3n) is 4.35. The molecule has 1 fully saturated rings. The van der Waals surface area contributed by atoms with Crippen LogP contribution in [0.15, 0.2) is 0 Å². The number of carbonyl (C=O) groups excluding carboxylic acids is 1. The van der Waals surface area contributed by atoms with Gasteiger partial charge in [0.2, 0.25) is 5.91 Å². The molecule has 9 heteroatoms. The molecular weight excluding hydrogens is 373 g/mol. The highest BCUT2D eigenvalue weighted by atomic mass is 35.5. The molecule has 2 rings (SSSR count). The fourth-order valence-electron chi connectivity index (χ4n) is 2.82. The Labute approximate surface area is 163 Å². The average molecular weight is 403 g/mol. The fraction of sp³-hybridized carbons (Fsp3) is 0.733. The summed E-state index contributed by atoms with van der Waals surface area (Å²) in [5, 5.41) is 7.50. The Kier molecular flexibility index (Phi) is 12.8. The third kappa shape index (κ3) is 6.41. The summed E-state index contributed by atoms with van der Waals surface area (Å²) in [5.74, 6) is 0.262. The SMILES string of the molecule is CNCCC(=O)N1CCN(Cc2c(C)nn(C)c2C)CC1.Cl.Cl.Cl. The first-order valence-corrected chi connectivity index (χ1v) is 7.66. The van der Waals surface area contributed by atoms with Gasteiger partial charge in [-0.25, -0.2) is 0 Å². The van der Waals surface area contributed by atoms with Crippen LogP contribution in [-0.4, -0.2) is 65.3 Å². The molecule has 24 heavy (non-hydrogen) atoms. The number of aryl methyl sites for hydroxylation is 2. The van der Waals surface area contributed by atoms with E-state index in [0.717, 1.165) is 45.0 Å². The zero-order valence-electron chi connectivity index (χ0n) is 14.9. The van der Waals surface area contributed by atoms with E-state index in [1.54, 1.807) is 0 Å². The Morgan fingerprint density at radius 1 is 1.12 bits per heavy atom. The zero-order valence-corrected chi connectivity index (χ0v) is 17.3. The van der Waals surface area contributed by atoms with Gasteiger partial charge in [-0.05, 0) is 20.9 Å². The minimum Gasteiger partial charge on any atom is -0.340 e. The summed E-state index contributed by atoms with van der Waals surface area (Å²) < 4.78 is 1.95. The molecule has 0 unspecified atom stereocenters.